The van der Waals surface area contributed by atoms with Crippen LogP contribution in [0, 0.1) is 0 Å². The smallest absolute Gasteiger partial charge is 0.493 e. The molecule has 400 valence electrons. The Bertz CT molecular complexity index is 2970. The highest BCUT2D eigenvalue weighted by atomic mass is 35.5. The van der Waals surface area contributed by atoms with Crippen molar-refractivity contribution >= 4 is 53.4 Å². The lowest BCUT2D eigenvalue weighted by atomic mass is 9.98. The van der Waals surface area contributed by atoms with Crippen LogP contribution < -0.4 is 30.2 Å². The summed E-state index contributed by atoms with van der Waals surface area (Å²) in [5, 5.41) is 7.73. The summed E-state index contributed by atoms with van der Waals surface area (Å²) >= 11 is 7.16. The van der Waals surface area contributed by atoms with Gasteiger partial charge in [-0.3, -0.25) is 19.2 Å². The SMILES string of the molecule is COc1ccc(C[C@@H](C(=O)N(C)[C@@H](Cc2ccccc2)C(=O)OC[C@H]2NC(=O)CNC2=O)N(C)C(=O)[C@@H](Cc2ccc(OC(=O)OCc3ccccc3)cc2)NC(=O)OCc2ccccc2)c(Cl)c1OCc1ccccc1. The molecule has 1 fully saturated rings. The zero-order valence-electron chi connectivity index (χ0n) is 42.6. The number of likely N-dealkylation sites (N-methyl/N-ethyl adjacent to an activating group) is 2. The van der Waals surface area contributed by atoms with Crippen LogP contribution in [0.2, 0.25) is 5.02 Å². The average Bonchev–Trinajstić information content (AvgIpc) is 3.45. The number of piperazine rings is 1. The third-order valence-corrected chi connectivity index (χ3v) is 12.9. The lowest BCUT2D eigenvalue weighted by Gasteiger charge is -2.36. The van der Waals surface area contributed by atoms with Crippen molar-refractivity contribution in [2.75, 3.05) is 34.4 Å². The Labute approximate surface area is 450 Å². The maximum Gasteiger partial charge on any atom is 0.514 e. The number of benzene rings is 6. The van der Waals surface area contributed by atoms with Crippen molar-refractivity contribution in [2.45, 2.75) is 63.3 Å². The van der Waals surface area contributed by atoms with Crippen LogP contribution in [-0.2, 0) is 77.3 Å². The highest BCUT2D eigenvalue weighted by Gasteiger charge is 2.39. The number of methoxy groups -OCH3 is 1. The fraction of sp³-hybridized carbons (Fsp3) is 0.259. The lowest BCUT2D eigenvalue weighted by Crippen LogP contribution is -2.59. The number of carbonyl (C=O) groups is 7. The summed E-state index contributed by atoms with van der Waals surface area (Å²) in [6.07, 6.45) is -2.33. The summed E-state index contributed by atoms with van der Waals surface area (Å²) < 4.78 is 33.8. The molecule has 1 aliphatic heterocycles. The molecular weight excluding hydrogens is 1010 g/mol. The first-order valence-corrected chi connectivity index (χ1v) is 24.9. The van der Waals surface area contributed by atoms with Crippen LogP contribution in [0.15, 0.2) is 158 Å². The molecule has 3 N–H and O–H groups in total. The maximum atomic E-state index is 15.4. The van der Waals surface area contributed by atoms with Crippen LogP contribution in [0.1, 0.15) is 33.4 Å². The molecule has 5 amide bonds. The highest BCUT2D eigenvalue weighted by Crippen LogP contribution is 2.39. The van der Waals surface area contributed by atoms with E-state index in [9.17, 15) is 24.0 Å². The van der Waals surface area contributed by atoms with E-state index in [1.54, 1.807) is 91.0 Å². The first-order chi connectivity index (χ1) is 37.3. The molecule has 19 heteroatoms. The van der Waals surface area contributed by atoms with E-state index in [1.807, 2.05) is 54.6 Å². The van der Waals surface area contributed by atoms with E-state index in [-0.39, 0.29) is 62.1 Å². The maximum absolute atomic E-state index is 15.4. The topological polar surface area (TPSA) is 217 Å². The van der Waals surface area contributed by atoms with Gasteiger partial charge < -0.3 is 54.2 Å². The van der Waals surface area contributed by atoms with E-state index in [4.69, 9.17) is 40.0 Å². The van der Waals surface area contributed by atoms with Gasteiger partial charge >= 0.3 is 18.2 Å². The van der Waals surface area contributed by atoms with E-state index in [0.29, 0.717) is 28.0 Å². The van der Waals surface area contributed by atoms with E-state index >= 15 is 9.59 Å². The van der Waals surface area contributed by atoms with Crippen molar-refractivity contribution in [3.8, 4) is 17.2 Å². The summed E-state index contributed by atoms with van der Waals surface area (Å²) in [6, 6.07) is 40.3. The predicted octanol–water partition coefficient (Wildman–Crippen LogP) is 6.78. The van der Waals surface area contributed by atoms with E-state index in [2.05, 4.69) is 16.0 Å². The summed E-state index contributed by atoms with van der Waals surface area (Å²) in [6.45, 7) is -0.781. The zero-order valence-corrected chi connectivity index (χ0v) is 43.3. The Kier molecular flexibility index (Phi) is 20.0. The van der Waals surface area contributed by atoms with Crippen LogP contribution in [0.4, 0.5) is 9.59 Å². The van der Waals surface area contributed by atoms with Crippen molar-refractivity contribution in [2.24, 2.45) is 0 Å². The quantitative estimate of drug-likeness (QED) is 0.0343. The van der Waals surface area contributed by atoms with E-state index in [0.717, 1.165) is 16.0 Å². The highest BCUT2D eigenvalue weighted by molar-refractivity contribution is 6.33. The molecule has 0 spiro atoms. The Hall–Kier alpha value is -8.90. The number of nitrogens with zero attached hydrogens (tertiary/aromatic N) is 2. The number of rotatable bonds is 23. The van der Waals surface area contributed by atoms with Crippen LogP contribution >= 0.6 is 11.6 Å². The molecule has 18 nitrogen and oxygen atoms in total. The number of amides is 5. The molecule has 1 aliphatic rings. The molecule has 1 heterocycles. The molecule has 0 bridgehead atoms. The summed E-state index contributed by atoms with van der Waals surface area (Å²) in [4.78, 5) is 98.2. The van der Waals surface area contributed by atoms with Gasteiger partial charge in [-0.2, -0.15) is 0 Å². The minimum atomic E-state index is -1.45. The fourth-order valence-electron chi connectivity index (χ4n) is 8.22. The number of ether oxygens (including phenoxy) is 6. The Balaban J connectivity index is 1.20. The first-order valence-electron chi connectivity index (χ1n) is 24.5. The van der Waals surface area contributed by atoms with Crippen LogP contribution in [0.3, 0.4) is 0 Å². The predicted molar refractivity (Wildman–Crippen MR) is 283 cm³/mol. The van der Waals surface area contributed by atoms with Gasteiger partial charge in [0.15, 0.2) is 11.5 Å². The van der Waals surface area contributed by atoms with Crippen molar-refractivity contribution in [1.29, 1.82) is 0 Å². The molecule has 77 heavy (non-hydrogen) atoms. The van der Waals surface area contributed by atoms with Gasteiger partial charge in [-0.15, -0.1) is 0 Å². The number of alkyl carbamates (subject to hydrolysis) is 1. The van der Waals surface area contributed by atoms with Crippen LogP contribution in [0.5, 0.6) is 17.2 Å². The Morgan fingerprint density at radius 1 is 0.623 bits per heavy atom. The summed E-state index contributed by atoms with van der Waals surface area (Å²) in [7, 11) is 4.23. The molecular formula is C58H58ClN5O13. The number of hydrogen-bond donors (Lipinski definition) is 3. The van der Waals surface area contributed by atoms with Crippen LogP contribution in [-0.4, -0.2) is 110 Å². The standard InChI is InChI=1S/C58H58ClN5O13/c1-63(54(67)45(62-57(70)75-35-41-20-12-6-13-21-41)30-39-24-27-44(28-25-39)77-58(71)76-36-42-22-14-7-15-23-42)47(32-43-26-29-49(72-3)52(51(43)59)73-34-40-18-10-5-11-19-40)55(68)64(2)48(31-38-16-8-4-9-17-38)56(69)74-37-46-53(66)60-33-50(65)61-46/h4-29,45-48H,30-37H2,1-3H3,(H,60,66)(H,61,65)(H,62,70)/t45-,46-,47+,48+/m1/s1. The molecule has 0 radical (unpaired) electrons. The number of nitrogens with one attached hydrogen (secondary N) is 3. The number of hydrogen-bond acceptors (Lipinski definition) is 13. The third-order valence-electron chi connectivity index (χ3n) is 12.5. The van der Waals surface area contributed by atoms with Gasteiger partial charge in [0.2, 0.25) is 23.6 Å². The number of halogens is 1. The van der Waals surface area contributed by atoms with Crippen molar-refractivity contribution in [1.82, 2.24) is 25.8 Å². The Morgan fingerprint density at radius 2 is 1.17 bits per heavy atom. The zero-order chi connectivity index (χ0) is 54.7. The van der Waals surface area contributed by atoms with Gasteiger partial charge in [-0.05, 0) is 51.6 Å². The average molecular weight is 1070 g/mol. The van der Waals surface area contributed by atoms with Crippen molar-refractivity contribution < 1.29 is 62.0 Å². The number of carbonyl (C=O) groups excluding carboxylic acids is 7. The lowest BCUT2D eigenvalue weighted by molar-refractivity contribution is -0.158. The van der Waals surface area contributed by atoms with Gasteiger partial charge in [0.1, 0.15) is 56.3 Å². The van der Waals surface area contributed by atoms with Gasteiger partial charge in [0.05, 0.1) is 18.7 Å². The summed E-state index contributed by atoms with van der Waals surface area (Å²) in [5.74, 6) is -2.80. The molecule has 0 saturated carbocycles. The fourth-order valence-corrected chi connectivity index (χ4v) is 8.51. The Morgan fingerprint density at radius 3 is 1.77 bits per heavy atom. The molecule has 4 atom stereocenters. The molecule has 7 rings (SSSR count). The molecule has 0 aromatic heterocycles. The minimum absolute atomic E-state index is 0.00653. The van der Waals surface area contributed by atoms with Crippen LogP contribution in [0.25, 0.3) is 0 Å². The third kappa shape index (κ3) is 16.1. The largest absolute Gasteiger partial charge is 0.514 e. The molecule has 6 aromatic carbocycles. The second kappa shape index (κ2) is 27.6. The van der Waals surface area contributed by atoms with Gasteiger partial charge in [0, 0.05) is 33.4 Å². The summed E-state index contributed by atoms with van der Waals surface area (Å²) in [5.41, 5.74) is 3.81. The first kappa shape index (κ1) is 55.8. The second-order valence-electron chi connectivity index (χ2n) is 17.9. The van der Waals surface area contributed by atoms with E-state index < -0.39 is 72.6 Å². The number of esters is 1. The van der Waals surface area contributed by atoms with Gasteiger partial charge in [-0.25, -0.2) is 14.4 Å². The molecule has 0 unspecified atom stereocenters. The molecule has 0 aliphatic carbocycles. The van der Waals surface area contributed by atoms with Crippen molar-refractivity contribution in [3.63, 3.8) is 0 Å². The van der Waals surface area contributed by atoms with Gasteiger partial charge in [-0.1, -0.05) is 151 Å². The van der Waals surface area contributed by atoms with Crippen molar-refractivity contribution in [3.05, 3.63) is 196 Å². The minimum Gasteiger partial charge on any atom is -0.493 e. The molecule has 6 aromatic rings. The normalized spacial score (nSPS) is 14.0. The molecule has 1 saturated heterocycles. The van der Waals surface area contributed by atoms with Gasteiger partial charge in [0.25, 0.3) is 0 Å². The van der Waals surface area contributed by atoms with E-state index in [1.165, 1.54) is 38.2 Å². The second-order valence-corrected chi connectivity index (χ2v) is 18.2. The monoisotopic (exact) mass is 1070 g/mol.